The summed E-state index contributed by atoms with van der Waals surface area (Å²) >= 11 is 0. The molecule has 3 heterocycles. The fraction of sp³-hybridized carbons (Fsp3) is 0.467. The van der Waals surface area contributed by atoms with Gasteiger partial charge in [0, 0.05) is 51.7 Å². The summed E-state index contributed by atoms with van der Waals surface area (Å²) in [5.41, 5.74) is 2.40. The number of aromatic nitrogens is 2. The topological polar surface area (TPSA) is 45.4 Å². The normalized spacial score (nSPS) is 17.4. The predicted octanol–water partition coefficient (Wildman–Crippen LogP) is 1.70. The average Bonchev–Trinajstić information content (AvgIpc) is 2.88. The van der Waals surface area contributed by atoms with Gasteiger partial charge in [0.25, 0.3) is 0 Å². The van der Waals surface area contributed by atoms with Crippen LogP contribution in [-0.4, -0.2) is 45.9 Å². The Kier molecular flexibility index (Phi) is 4.08. The van der Waals surface area contributed by atoms with Crippen LogP contribution < -0.4 is 0 Å². The van der Waals surface area contributed by atoms with E-state index in [0.717, 1.165) is 50.7 Å². The average molecular weight is 272 g/mol. The Balaban J connectivity index is 1.49. The summed E-state index contributed by atoms with van der Waals surface area (Å²) in [6, 6.07) is 4.18. The van der Waals surface area contributed by atoms with Crippen LogP contribution >= 0.6 is 0 Å². The first kappa shape index (κ1) is 13.3. The van der Waals surface area contributed by atoms with Crippen LogP contribution in [0.5, 0.6) is 0 Å². The van der Waals surface area contributed by atoms with Gasteiger partial charge >= 0.3 is 0 Å². The molecule has 1 aliphatic heterocycles. The number of piperazine rings is 1. The van der Waals surface area contributed by atoms with Crippen molar-refractivity contribution in [1.29, 1.82) is 0 Å². The monoisotopic (exact) mass is 272 g/mol. The van der Waals surface area contributed by atoms with Crippen LogP contribution in [0, 0.1) is 6.92 Å². The van der Waals surface area contributed by atoms with Crippen molar-refractivity contribution in [3.05, 3.63) is 47.9 Å². The highest BCUT2D eigenvalue weighted by Gasteiger charge is 2.18. The molecule has 1 fully saturated rings. The summed E-state index contributed by atoms with van der Waals surface area (Å²) in [4.78, 5) is 13.3. The zero-order chi connectivity index (χ0) is 13.8. The number of oxazole rings is 1. The zero-order valence-corrected chi connectivity index (χ0v) is 11.8. The molecule has 3 rings (SSSR count). The second kappa shape index (κ2) is 6.15. The first-order valence-corrected chi connectivity index (χ1v) is 7.04. The van der Waals surface area contributed by atoms with Crippen molar-refractivity contribution < 1.29 is 4.42 Å². The van der Waals surface area contributed by atoms with E-state index in [0.29, 0.717) is 0 Å². The summed E-state index contributed by atoms with van der Waals surface area (Å²) in [6.07, 6.45) is 5.25. The Hall–Kier alpha value is -1.72. The molecule has 0 atom stereocenters. The van der Waals surface area contributed by atoms with Gasteiger partial charge in [0.05, 0.1) is 5.69 Å². The molecule has 106 valence electrons. The highest BCUT2D eigenvalue weighted by Crippen LogP contribution is 2.12. The van der Waals surface area contributed by atoms with Crippen molar-refractivity contribution in [2.75, 3.05) is 26.2 Å². The van der Waals surface area contributed by atoms with Crippen LogP contribution in [0.4, 0.5) is 0 Å². The Bertz CT molecular complexity index is 532. The quantitative estimate of drug-likeness (QED) is 0.847. The van der Waals surface area contributed by atoms with Crippen LogP contribution in [-0.2, 0) is 13.1 Å². The van der Waals surface area contributed by atoms with E-state index in [1.165, 1.54) is 12.0 Å². The Morgan fingerprint density at radius 2 is 1.70 bits per heavy atom. The number of pyridine rings is 1. The molecule has 0 amide bonds. The largest absolute Gasteiger partial charge is 0.448 e. The van der Waals surface area contributed by atoms with Crippen molar-refractivity contribution in [1.82, 2.24) is 19.8 Å². The van der Waals surface area contributed by atoms with E-state index in [9.17, 15) is 0 Å². The maximum atomic E-state index is 5.25. The molecule has 0 N–H and O–H groups in total. The molecule has 0 spiro atoms. The van der Waals surface area contributed by atoms with E-state index in [1.807, 2.05) is 19.3 Å². The molecule has 0 bridgehead atoms. The van der Waals surface area contributed by atoms with Gasteiger partial charge in [-0.3, -0.25) is 14.8 Å². The van der Waals surface area contributed by atoms with Crippen molar-refractivity contribution in [3.63, 3.8) is 0 Å². The Labute approximate surface area is 119 Å². The molecule has 2 aromatic rings. The van der Waals surface area contributed by atoms with Gasteiger partial charge < -0.3 is 4.42 Å². The Morgan fingerprint density at radius 1 is 1.05 bits per heavy atom. The number of hydrogen-bond acceptors (Lipinski definition) is 5. The van der Waals surface area contributed by atoms with Gasteiger partial charge in [-0.15, -0.1) is 0 Å². The molecule has 0 unspecified atom stereocenters. The van der Waals surface area contributed by atoms with Gasteiger partial charge in [-0.2, -0.15) is 0 Å². The zero-order valence-electron chi connectivity index (χ0n) is 11.8. The first-order valence-electron chi connectivity index (χ1n) is 7.04. The summed E-state index contributed by atoms with van der Waals surface area (Å²) in [7, 11) is 0. The minimum absolute atomic E-state index is 0.894. The number of aryl methyl sites for hydroxylation is 1. The SMILES string of the molecule is Cc1ocnc1CN1CCN(Cc2ccncc2)CC1. The molecule has 0 aliphatic carbocycles. The highest BCUT2D eigenvalue weighted by molar-refractivity contribution is 5.09. The molecule has 0 saturated carbocycles. The molecule has 2 aromatic heterocycles. The number of nitrogens with zero attached hydrogens (tertiary/aromatic N) is 4. The molecular formula is C15H20N4O. The van der Waals surface area contributed by atoms with Gasteiger partial charge in [0.15, 0.2) is 6.39 Å². The van der Waals surface area contributed by atoms with Crippen molar-refractivity contribution in [3.8, 4) is 0 Å². The maximum Gasteiger partial charge on any atom is 0.181 e. The lowest BCUT2D eigenvalue weighted by atomic mass is 10.2. The lowest BCUT2D eigenvalue weighted by molar-refractivity contribution is 0.120. The van der Waals surface area contributed by atoms with Crippen LogP contribution in [0.1, 0.15) is 17.0 Å². The van der Waals surface area contributed by atoms with Crippen molar-refractivity contribution in [2.24, 2.45) is 0 Å². The van der Waals surface area contributed by atoms with Crippen LogP contribution in [0.25, 0.3) is 0 Å². The lowest BCUT2D eigenvalue weighted by Gasteiger charge is -2.34. The minimum atomic E-state index is 0.894. The molecule has 0 aromatic carbocycles. The van der Waals surface area contributed by atoms with Gasteiger partial charge in [0.1, 0.15) is 5.76 Å². The van der Waals surface area contributed by atoms with E-state index in [-0.39, 0.29) is 0 Å². The second-order valence-electron chi connectivity index (χ2n) is 5.26. The summed E-state index contributed by atoms with van der Waals surface area (Å²) in [5.74, 6) is 0.934. The van der Waals surface area contributed by atoms with Crippen LogP contribution in [0.2, 0.25) is 0 Å². The van der Waals surface area contributed by atoms with Gasteiger partial charge in [-0.1, -0.05) is 0 Å². The second-order valence-corrected chi connectivity index (χ2v) is 5.26. The van der Waals surface area contributed by atoms with E-state index < -0.39 is 0 Å². The minimum Gasteiger partial charge on any atom is -0.448 e. The lowest BCUT2D eigenvalue weighted by Crippen LogP contribution is -2.45. The molecular weight excluding hydrogens is 252 g/mol. The first-order chi connectivity index (χ1) is 9.81. The van der Waals surface area contributed by atoms with Crippen LogP contribution in [0.3, 0.4) is 0 Å². The molecule has 20 heavy (non-hydrogen) atoms. The van der Waals surface area contributed by atoms with E-state index in [2.05, 4.69) is 31.9 Å². The highest BCUT2D eigenvalue weighted by atomic mass is 16.3. The van der Waals surface area contributed by atoms with Crippen LogP contribution in [0.15, 0.2) is 35.3 Å². The maximum absolute atomic E-state index is 5.25. The fourth-order valence-electron chi connectivity index (χ4n) is 2.54. The molecule has 5 heteroatoms. The van der Waals surface area contributed by atoms with E-state index >= 15 is 0 Å². The molecule has 1 aliphatic rings. The summed E-state index contributed by atoms with van der Waals surface area (Å²) in [6.45, 7) is 8.24. The molecule has 0 radical (unpaired) electrons. The summed E-state index contributed by atoms with van der Waals surface area (Å²) < 4.78 is 5.25. The third-order valence-electron chi connectivity index (χ3n) is 3.84. The van der Waals surface area contributed by atoms with E-state index in [4.69, 9.17) is 4.42 Å². The van der Waals surface area contributed by atoms with Gasteiger partial charge in [0.2, 0.25) is 0 Å². The molecule has 1 saturated heterocycles. The standard InChI is InChI=1S/C15H20N4O/c1-13-15(17-12-20-13)11-19-8-6-18(7-9-19)10-14-2-4-16-5-3-14/h2-5,12H,6-11H2,1H3. The van der Waals surface area contributed by atoms with Gasteiger partial charge in [-0.05, 0) is 24.6 Å². The smallest absolute Gasteiger partial charge is 0.181 e. The third kappa shape index (κ3) is 3.23. The Morgan fingerprint density at radius 3 is 2.30 bits per heavy atom. The third-order valence-corrected chi connectivity index (χ3v) is 3.84. The van der Waals surface area contributed by atoms with E-state index in [1.54, 1.807) is 0 Å². The number of hydrogen-bond donors (Lipinski definition) is 0. The van der Waals surface area contributed by atoms with Gasteiger partial charge in [-0.25, -0.2) is 4.98 Å². The summed E-state index contributed by atoms with van der Waals surface area (Å²) in [5, 5.41) is 0. The fourth-order valence-corrected chi connectivity index (χ4v) is 2.54. The molecule has 5 nitrogen and oxygen atoms in total. The predicted molar refractivity (Wildman–Crippen MR) is 76.0 cm³/mol. The number of rotatable bonds is 4. The van der Waals surface area contributed by atoms with Crippen molar-refractivity contribution >= 4 is 0 Å². The van der Waals surface area contributed by atoms with Crippen molar-refractivity contribution in [2.45, 2.75) is 20.0 Å².